The first-order valence-electron chi connectivity index (χ1n) is 6.37. The van der Waals surface area contributed by atoms with Crippen LogP contribution in [0.2, 0.25) is 0 Å². The van der Waals surface area contributed by atoms with E-state index < -0.39 is 5.60 Å². The molecule has 0 saturated heterocycles. The van der Waals surface area contributed by atoms with Crippen molar-refractivity contribution in [2.24, 2.45) is 5.92 Å². The fraction of sp³-hybridized carbons (Fsp3) is 0.769. The molecule has 96 valence electrons. The molecule has 1 saturated carbocycles. The van der Waals surface area contributed by atoms with E-state index in [1.165, 1.54) is 0 Å². The molecule has 1 aromatic heterocycles. The second kappa shape index (κ2) is 5.46. The Kier molecular flexibility index (Phi) is 4.17. The number of aliphatic hydroxyl groups is 1. The summed E-state index contributed by atoms with van der Waals surface area (Å²) in [6, 6.07) is 0. The summed E-state index contributed by atoms with van der Waals surface area (Å²) in [5.41, 5.74) is -0.474. The Labute approximate surface area is 107 Å². The molecule has 1 aliphatic carbocycles. The van der Waals surface area contributed by atoms with Gasteiger partial charge in [-0.15, -0.1) is 11.3 Å². The van der Waals surface area contributed by atoms with Gasteiger partial charge in [0.1, 0.15) is 5.01 Å². The summed E-state index contributed by atoms with van der Waals surface area (Å²) in [5, 5.41) is 13.7. The van der Waals surface area contributed by atoms with Gasteiger partial charge in [-0.3, -0.25) is 4.90 Å². The van der Waals surface area contributed by atoms with Gasteiger partial charge in [0.15, 0.2) is 0 Å². The summed E-state index contributed by atoms with van der Waals surface area (Å²) >= 11 is 1.68. The average Bonchev–Trinajstić information content (AvgIpc) is 2.75. The monoisotopic (exact) mass is 254 g/mol. The SMILES string of the molecule is CC1CCC(O)(CN(C)Cc2nccs2)CC1. The zero-order valence-corrected chi connectivity index (χ0v) is 11.5. The van der Waals surface area contributed by atoms with Gasteiger partial charge in [0, 0.05) is 18.1 Å². The van der Waals surface area contributed by atoms with Gasteiger partial charge in [0.25, 0.3) is 0 Å². The fourth-order valence-electron chi connectivity index (χ4n) is 2.58. The number of hydrogen-bond acceptors (Lipinski definition) is 4. The summed E-state index contributed by atoms with van der Waals surface area (Å²) in [6.07, 6.45) is 6.03. The quantitative estimate of drug-likeness (QED) is 0.897. The highest BCUT2D eigenvalue weighted by Crippen LogP contribution is 2.32. The first kappa shape index (κ1) is 13.0. The molecule has 1 aliphatic rings. The van der Waals surface area contributed by atoms with E-state index in [2.05, 4.69) is 23.9 Å². The maximum absolute atomic E-state index is 10.5. The van der Waals surface area contributed by atoms with E-state index in [9.17, 15) is 5.11 Å². The van der Waals surface area contributed by atoms with Crippen LogP contribution in [0.1, 0.15) is 37.6 Å². The summed E-state index contributed by atoms with van der Waals surface area (Å²) in [4.78, 5) is 6.47. The zero-order valence-electron chi connectivity index (χ0n) is 10.7. The van der Waals surface area contributed by atoms with Crippen LogP contribution in [0.5, 0.6) is 0 Å². The third-order valence-corrected chi connectivity index (χ3v) is 4.42. The molecule has 4 heteroatoms. The highest BCUT2D eigenvalue weighted by Gasteiger charge is 2.32. The van der Waals surface area contributed by atoms with Crippen molar-refractivity contribution in [2.45, 2.75) is 44.8 Å². The largest absolute Gasteiger partial charge is 0.389 e. The molecule has 0 spiro atoms. The average molecular weight is 254 g/mol. The molecule has 0 radical (unpaired) electrons. The van der Waals surface area contributed by atoms with E-state index in [4.69, 9.17) is 0 Å². The van der Waals surface area contributed by atoms with Crippen LogP contribution in [0.25, 0.3) is 0 Å². The molecule has 1 heterocycles. The summed E-state index contributed by atoms with van der Waals surface area (Å²) in [7, 11) is 2.07. The lowest BCUT2D eigenvalue weighted by Gasteiger charge is -2.37. The molecule has 3 nitrogen and oxygen atoms in total. The van der Waals surface area contributed by atoms with Crippen LogP contribution in [0, 0.1) is 5.92 Å². The Balaban J connectivity index is 1.83. The lowest BCUT2D eigenvalue weighted by molar-refractivity contribution is -0.0315. The maximum atomic E-state index is 10.5. The number of rotatable bonds is 4. The second-order valence-electron chi connectivity index (χ2n) is 5.50. The predicted molar refractivity (Wildman–Crippen MR) is 71.0 cm³/mol. The van der Waals surface area contributed by atoms with Gasteiger partial charge < -0.3 is 5.11 Å². The molecule has 1 fully saturated rings. The molecule has 0 bridgehead atoms. The van der Waals surface area contributed by atoms with E-state index in [-0.39, 0.29) is 0 Å². The van der Waals surface area contributed by atoms with Crippen LogP contribution < -0.4 is 0 Å². The molecule has 1 N–H and O–H groups in total. The zero-order chi connectivity index (χ0) is 12.3. The lowest BCUT2D eigenvalue weighted by Crippen LogP contribution is -2.43. The third kappa shape index (κ3) is 3.76. The number of likely N-dealkylation sites (N-methyl/N-ethyl adjacent to an activating group) is 1. The highest BCUT2D eigenvalue weighted by molar-refractivity contribution is 7.09. The smallest absolute Gasteiger partial charge is 0.107 e. The van der Waals surface area contributed by atoms with Crippen LogP contribution in [0.4, 0.5) is 0 Å². The number of aromatic nitrogens is 1. The highest BCUT2D eigenvalue weighted by atomic mass is 32.1. The van der Waals surface area contributed by atoms with Crippen molar-refractivity contribution in [3.8, 4) is 0 Å². The molecule has 0 aliphatic heterocycles. The van der Waals surface area contributed by atoms with Gasteiger partial charge in [-0.25, -0.2) is 4.98 Å². The molecule has 0 unspecified atom stereocenters. The normalized spacial score (nSPS) is 29.8. The van der Waals surface area contributed by atoms with Crippen LogP contribution in [0.3, 0.4) is 0 Å². The van der Waals surface area contributed by atoms with Crippen molar-refractivity contribution in [1.82, 2.24) is 9.88 Å². The van der Waals surface area contributed by atoms with E-state index in [0.29, 0.717) is 0 Å². The molecule has 17 heavy (non-hydrogen) atoms. The van der Waals surface area contributed by atoms with E-state index in [0.717, 1.165) is 49.7 Å². The standard InChI is InChI=1S/C13H22N2OS/c1-11-3-5-13(16,6-4-11)10-15(2)9-12-14-7-8-17-12/h7-8,11,16H,3-6,9-10H2,1-2H3. The molecule has 1 aromatic rings. The van der Waals surface area contributed by atoms with E-state index in [1.54, 1.807) is 11.3 Å². The van der Waals surface area contributed by atoms with Gasteiger partial charge in [-0.05, 0) is 38.6 Å². The van der Waals surface area contributed by atoms with Crippen LogP contribution >= 0.6 is 11.3 Å². The van der Waals surface area contributed by atoms with Crippen molar-refractivity contribution >= 4 is 11.3 Å². The van der Waals surface area contributed by atoms with E-state index >= 15 is 0 Å². The Morgan fingerprint density at radius 2 is 2.24 bits per heavy atom. The fourth-order valence-corrected chi connectivity index (χ4v) is 3.27. The Morgan fingerprint density at radius 3 is 2.82 bits per heavy atom. The molecule has 0 amide bonds. The molecule has 2 rings (SSSR count). The minimum atomic E-state index is -0.474. The van der Waals surface area contributed by atoms with Gasteiger partial charge in [0.05, 0.1) is 12.1 Å². The topological polar surface area (TPSA) is 36.4 Å². The van der Waals surface area contributed by atoms with Crippen molar-refractivity contribution in [2.75, 3.05) is 13.6 Å². The van der Waals surface area contributed by atoms with Gasteiger partial charge >= 0.3 is 0 Å². The summed E-state index contributed by atoms with van der Waals surface area (Å²) < 4.78 is 0. The Hall–Kier alpha value is -0.450. The number of nitrogens with zero attached hydrogens (tertiary/aromatic N) is 2. The first-order chi connectivity index (χ1) is 8.07. The number of thiazole rings is 1. The van der Waals surface area contributed by atoms with Crippen LogP contribution in [-0.4, -0.2) is 34.2 Å². The van der Waals surface area contributed by atoms with Crippen LogP contribution in [-0.2, 0) is 6.54 Å². The van der Waals surface area contributed by atoms with Crippen LogP contribution in [0.15, 0.2) is 11.6 Å². The number of hydrogen-bond donors (Lipinski definition) is 1. The molecular formula is C13H22N2OS. The summed E-state index contributed by atoms with van der Waals surface area (Å²) in [5.74, 6) is 0.777. The van der Waals surface area contributed by atoms with Gasteiger partial charge in [-0.2, -0.15) is 0 Å². The van der Waals surface area contributed by atoms with Crippen molar-refractivity contribution in [1.29, 1.82) is 0 Å². The molecule has 0 atom stereocenters. The Bertz CT molecular complexity index is 331. The first-order valence-corrected chi connectivity index (χ1v) is 7.25. The maximum Gasteiger partial charge on any atom is 0.107 e. The van der Waals surface area contributed by atoms with Gasteiger partial charge in [0.2, 0.25) is 0 Å². The third-order valence-electron chi connectivity index (χ3n) is 3.66. The van der Waals surface area contributed by atoms with Crippen molar-refractivity contribution < 1.29 is 5.11 Å². The minimum Gasteiger partial charge on any atom is -0.389 e. The predicted octanol–water partition coefficient (Wildman–Crippen LogP) is 2.52. The molecular weight excluding hydrogens is 232 g/mol. The van der Waals surface area contributed by atoms with E-state index in [1.807, 2.05) is 11.6 Å². The summed E-state index contributed by atoms with van der Waals surface area (Å²) in [6.45, 7) is 3.88. The van der Waals surface area contributed by atoms with Crippen molar-refractivity contribution in [3.63, 3.8) is 0 Å². The Morgan fingerprint density at radius 1 is 1.53 bits per heavy atom. The van der Waals surface area contributed by atoms with Gasteiger partial charge in [-0.1, -0.05) is 6.92 Å². The second-order valence-corrected chi connectivity index (χ2v) is 6.48. The van der Waals surface area contributed by atoms with Crippen molar-refractivity contribution in [3.05, 3.63) is 16.6 Å². The molecule has 0 aromatic carbocycles. The minimum absolute atomic E-state index is 0.474. The lowest BCUT2D eigenvalue weighted by atomic mass is 9.79.